The minimum atomic E-state index is -0.202. The van der Waals surface area contributed by atoms with Gasteiger partial charge in [-0.25, -0.2) is 4.98 Å². The summed E-state index contributed by atoms with van der Waals surface area (Å²) in [5.41, 5.74) is 2.27. The Bertz CT molecular complexity index is 729. The van der Waals surface area contributed by atoms with Crippen molar-refractivity contribution in [2.45, 2.75) is 26.8 Å². The first-order valence-electron chi connectivity index (χ1n) is 8.48. The maximum absolute atomic E-state index is 12.2. The van der Waals surface area contributed by atoms with Crippen molar-refractivity contribution in [2.75, 3.05) is 18.7 Å². The van der Waals surface area contributed by atoms with Crippen LogP contribution >= 0.6 is 0 Å². The molecule has 132 valence electrons. The normalized spacial score (nSPS) is 12.3. The fourth-order valence-corrected chi connectivity index (χ4v) is 2.46. The van der Waals surface area contributed by atoms with Gasteiger partial charge in [-0.3, -0.25) is 4.79 Å². The standard InChI is InChI=1S/C19H23N3O3/c1-13(2)7-8-20-15-4-5-16(21-11-15)19(23)22-10-14-3-6-17-18(9-14)25-12-24-17/h3-6,9,11,13,20H,7-8,10,12H2,1-2H3,(H,22,23). The maximum Gasteiger partial charge on any atom is 0.270 e. The zero-order chi connectivity index (χ0) is 17.6. The summed E-state index contributed by atoms with van der Waals surface area (Å²) in [6.07, 6.45) is 2.79. The summed E-state index contributed by atoms with van der Waals surface area (Å²) in [7, 11) is 0. The molecule has 1 aliphatic heterocycles. The lowest BCUT2D eigenvalue weighted by Crippen LogP contribution is -2.23. The summed E-state index contributed by atoms with van der Waals surface area (Å²) in [5.74, 6) is 1.90. The molecule has 0 saturated carbocycles. The predicted molar refractivity (Wildman–Crippen MR) is 95.9 cm³/mol. The molecule has 1 amide bonds. The first-order chi connectivity index (χ1) is 12.1. The Balaban J connectivity index is 1.51. The van der Waals surface area contributed by atoms with Gasteiger partial charge < -0.3 is 20.1 Å². The van der Waals surface area contributed by atoms with Gasteiger partial charge in [0.25, 0.3) is 5.91 Å². The largest absolute Gasteiger partial charge is 0.454 e. The van der Waals surface area contributed by atoms with E-state index in [4.69, 9.17) is 9.47 Å². The molecule has 6 nitrogen and oxygen atoms in total. The topological polar surface area (TPSA) is 72.5 Å². The number of aromatic nitrogens is 1. The van der Waals surface area contributed by atoms with Crippen LogP contribution in [0.15, 0.2) is 36.5 Å². The number of ether oxygens (including phenoxy) is 2. The van der Waals surface area contributed by atoms with Gasteiger partial charge in [0, 0.05) is 13.1 Å². The number of nitrogens with zero attached hydrogens (tertiary/aromatic N) is 1. The molecule has 0 saturated heterocycles. The van der Waals surface area contributed by atoms with Gasteiger partial charge in [-0.15, -0.1) is 0 Å². The molecule has 0 aliphatic carbocycles. The van der Waals surface area contributed by atoms with E-state index >= 15 is 0 Å². The molecule has 1 aliphatic rings. The Morgan fingerprint density at radius 1 is 1.20 bits per heavy atom. The number of hydrogen-bond donors (Lipinski definition) is 2. The zero-order valence-corrected chi connectivity index (χ0v) is 14.5. The SMILES string of the molecule is CC(C)CCNc1ccc(C(=O)NCc2ccc3c(c2)OCO3)nc1. The minimum absolute atomic E-state index is 0.202. The van der Waals surface area contributed by atoms with Crippen molar-refractivity contribution in [3.8, 4) is 11.5 Å². The van der Waals surface area contributed by atoms with E-state index in [2.05, 4.69) is 29.5 Å². The van der Waals surface area contributed by atoms with Crippen molar-refractivity contribution in [3.05, 3.63) is 47.8 Å². The van der Waals surface area contributed by atoms with E-state index in [-0.39, 0.29) is 12.7 Å². The monoisotopic (exact) mass is 341 g/mol. The maximum atomic E-state index is 12.2. The number of amides is 1. The minimum Gasteiger partial charge on any atom is -0.454 e. The quantitative estimate of drug-likeness (QED) is 0.809. The molecule has 3 rings (SSSR count). The number of anilines is 1. The van der Waals surface area contributed by atoms with Crippen LogP contribution < -0.4 is 20.1 Å². The summed E-state index contributed by atoms with van der Waals surface area (Å²) >= 11 is 0. The van der Waals surface area contributed by atoms with Crippen LogP contribution in [0.4, 0.5) is 5.69 Å². The van der Waals surface area contributed by atoms with Gasteiger partial charge in [0.2, 0.25) is 6.79 Å². The summed E-state index contributed by atoms with van der Waals surface area (Å²) in [5, 5.41) is 6.17. The van der Waals surface area contributed by atoms with E-state index in [1.165, 1.54) is 0 Å². The highest BCUT2D eigenvalue weighted by Gasteiger charge is 2.14. The summed E-state index contributed by atoms with van der Waals surface area (Å²) < 4.78 is 10.6. The van der Waals surface area contributed by atoms with E-state index < -0.39 is 0 Å². The lowest BCUT2D eigenvalue weighted by Gasteiger charge is -2.09. The summed E-state index contributed by atoms with van der Waals surface area (Å²) in [6, 6.07) is 9.23. The van der Waals surface area contributed by atoms with Crippen LogP contribution in [0.25, 0.3) is 0 Å². The number of hydrogen-bond acceptors (Lipinski definition) is 5. The zero-order valence-electron chi connectivity index (χ0n) is 14.5. The van der Waals surface area contributed by atoms with Crippen LogP contribution in [0.5, 0.6) is 11.5 Å². The molecule has 1 aromatic heterocycles. The number of benzene rings is 1. The molecule has 1 aromatic carbocycles. The Morgan fingerprint density at radius 2 is 2.04 bits per heavy atom. The first-order valence-corrected chi connectivity index (χ1v) is 8.48. The van der Waals surface area contributed by atoms with Gasteiger partial charge in [-0.1, -0.05) is 19.9 Å². The Kier molecular flexibility index (Phi) is 5.38. The van der Waals surface area contributed by atoms with Gasteiger partial charge >= 0.3 is 0 Å². The molecule has 2 aromatic rings. The van der Waals surface area contributed by atoms with Crippen molar-refractivity contribution in [1.82, 2.24) is 10.3 Å². The molecule has 0 radical (unpaired) electrons. The number of nitrogens with one attached hydrogen (secondary N) is 2. The van der Waals surface area contributed by atoms with Crippen LogP contribution in [0.1, 0.15) is 36.3 Å². The molecule has 25 heavy (non-hydrogen) atoms. The van der Waals surface area contributed by atoms with Gasteiger partial charge in [0.05, 0.1) is 11.9 Å². The smallest absolute Gasteiger partial charge is 0.270 e. The van der Waals surface area contributed by atoms with Crippen molar-refractivity contribution in [2.24, 2.45) is 5.92 Å². The highest BCUT2D eigenvalue weighted by Crippen LogP contribution is 2.32. The molecular formula is C19H23N3O3. The second-order valence-electron chi connectivity index (χ2n) is 6.41. The van der Waals surface area contributed by atoms with Gasteiger partial charge in [0.1, 0.15) is 5.69 Å². The fraction of sp³-hybridized carbons (Fsp3) is 0.368. The Morgan fingerprint density at radius 3 is 2.80 bits per heavy atom. The van der Waals surface area contributed by atoms with E-state index in [0.717, 1.165) is 30.0 Å². The van der Waals surface area contributed by atoms with E-state index in [0.29, 0.717) is 23.9 Å². The van der Waals surface area contributed by atoms with Crippen LogP contribution in [0.3, 0.4) is 0 Å². The van der Waals surface area contributed by atoms with Crippen LogP contribution in [0.2, 0.25) is 0 Å². The van der Waals surface area contributed by atoms with Gasteiger partial charge in [-0.05, 0) is 42.2 Å². The number of carbonyl (C=O) groups excluding carboxylic acids is 1. The highest BCUT2D eigenvalue weighted by atomic mass is 16.7. The molecular weight excluding hydrogens is 318 g/mol. The molecule has 0 unspecified atom stereocenters. The summed E-state index contributed by atoms with van der Waals surface area (Å²) in [4.78, 5) is 16.4. The average Bonchev–Trinajstić information content (AvgIpc) is 3.07. The number of carbonyl (C=O) groups is 1. The lowest BCUT2D eigenvalue weighted by atomic mass is 10.1. The number of pyridine rings is 1. The van der Waals surface area contributed by atoms with Gasteiger partial charge in [0.15, 0.2) is 11.5 Å². The van der Waals surface area contributed by atoms with E-state index in [9.17, 15) is 4.79 Å². The van der Waals surface area contributed by atoms with E-state index in [1.807, 2.05) is 24.3 Å². The number of rotatable bonds is 7. The fourth-order valence-electron chi connectivity index (χ4n) is 2.46. The third-order valence-electron chi connectivity index (χ3n) is 3.94. The summed E-state index contributed by atoms with van der Waals surface area (Å²) in [6.45, 7) is 5.92. The van der Waals surface area contributed by atoms with E-state index in [1.54, 1.807) is 12.3 Å². The predicted octanol–water partition coefficient (Wildman–Crippen LogP) is 3.20. The molecule has 0 bridgehead atoms. The third-order valence-corrected chi connectivity index (χ3v) is 3.94. The molecule has 2 N–H and O–H groups in total. The Hall–Kier alpha value is -2.76. The van der Waals surface area contributed by atoms with Crippen molar-refractivity contribution >= 4 is 11.6 Å². The molecule has 0 spiro atoms. The molecule has 6 heteroatoms. The Labute approximate surface area is 147 Å². The van der Waals surface area contributed by atoms with Gasteiger partial charge in [-0.2, -0.15) is 0 Å². The highest BCUT2D eigenvalue weighted by molar-refractivity contribution is 5.92. The molecule has 0 atom stereocenters. The average molecular weight is 341 g/mol. The lowest BCUT2D eigenvalue weighted by molar-refractivity contribution is 0.0946. The first kappa shape index (κ1) is 17.1. The van der Waals surface area contributed by atoms with Crippen LogP contribution in [-0.4, -0.2) is 24.2 Å². The second-order valence-corrected chi connectivity index (χ2v) is 6.41. The number of fused-ring (bicyclic) bond motifs is 1. The van der Waals surface area contributed by atoms with Crippen molar-refractivity contribution in [3.63, 3.8) is 0 Å². The van der Waals surface area contributed by atoms with Crippen LogP contribution in [0, 0.1) is 5.92 Å². The molecule has 2 heterocycles. The van der Waals surface area contributed by atoms with Crippen molar-refractivity contribution in [1.29, 1.82) is 0 Å². The van der Waals surface area contributed by atoms with Crippen molar-refractivity contribution < 1.29 is 14.3 Å². The third kappa shape index (κ3) is 4.62. The molecule has 0 fully saturated rings. The second kappa shape index (κ2) is 7.88. The van der Waals surface area contributed by atoms with Crippen LogP contribution in [-0.2, 0) is 6.54 Å².